The van der Waals surface area contributed by atoms with Crippen LogP contribution in [0.15, 0.2) is 0 Å². The number of rotatable bonds is 8. The van der Waals surface area contributed by atoms with Crippen LogP contribution in [-0.2, 0) is 9.47 Å². The zero-order valence-corrected chi connectivity index (χ0v) is 10.2. The second kappa shape index (κ2) is 7.21. The van der Waals surface area contributed by atoms with Gasteiger partial charge in [-0.05, 0) is 40.2 Å². The number of methoxy groups -OCH3 is 2. The molecule has 0 spiro atoms. The first kappa shape index (κ1) is 13.9. The molecule has 0 amide bonds. The minimum Gasteiger partial charge on any atom is -0.383 e. The minimum absolute atomic E-state index is 0.00532. The molecule has 0 rings (SSSR count). The average Bonchev–Trinajstić information content (AvgIpc) is 2.16. The first-order valence-electron chi connectivity index (χ1n) is 5.27. The van der Waals surface area contributed by atoms with Crippen LogP contribution < -0.4 is 5.32 Å². The van der Waals surface area contributed by atoms with E-state index in [-0.39, 0.29) is 5.60 Å². The number of hydrogen-bond acceptors (Lipinski definition) is 3. The first-order chi connectivity index (χ1) is 6.55. The van der Waals surface area contributed by atoms with Crippen LogP contribution in [-0.4, -0.2) is 39.5 Å². The zero-order valence-electron chi connectivity index (χ0n) is 10.2. The SMILES string of the molecule is CNC(CCCC(C)(C)OC)COC. The summed E-state index contributed by atoms with van der Waals surface area (Å²) < 4.78 is 10.5. The summed E-state index contributed by atoms with van der Waals surface area (Å²) in [5, 5.41) is 3.24. The zero-order chi connectivity index (χ0) is 11.0. The Bertz CT molecular complexity index is 137. The minimum atomic E-state index is 0.00532. The highest BCUT2D eigenvalue weighted by molar-refractivity contribution is 4.70. The molecular formula is C11H25NO2. The van der Waals surface area contributed by atoms with Gasteiger partial charge in [0.1, 0.15) is 0 Å². The Morgan fingerprint density at radius 1 is 1.29 bits per heavy atom. The molecule has 0 aliphatic carbocycles. The number of nitrogens with one attached hydrogen (secondary N) is 1. The van der Waals surface area contributed by atoms with E-state index in [1.807, 2.05) is 7.05 Å². The van der Waals surface area contributed by atoms with Crippen molar-refractivity contribution in [1.82, 2.24) is 5.32 Å². The van der Waals surface area contributed by atoms with Crippen molar-refractivity contribution in [2.45, 2.75) is 44.8 Å². The van der Waals surface area contributed by atoms with Crippen LogP contribution in [0.4, 0.5) is 0 Å². The van der Waals surface area contributed by atoms with Gasteiger partial charge < -0.3 is 14.8 Å². The summed E-state index contributed by atoms with van der Waals surface area (Å²) in [4.78, 5) is 0. The lowest BCUT2D eigenvalue weighted by Gasteiger charge is -2.24. The molecular weight excluding hydrogens is 178 g/mol. The molecule has 0 saturated heterocycles. The summed E-state index contributed by atoms with van der Waals surface area (Å²) in [6.07, 6.45) is 3.39. The second-order valence-electron chi connectivity index (χ2n) is 4.30. The molecule has 0 saturated carbocycles. The summed E-state index contributed by atoms with van der Waals surface area (Å²) in [6, 6.07) is 0.465. The van der Waals surface area contributed by atoms with Crippen LogP contribution in [0, 0.1) is 0 Å². The van der Waals surface area contributed by atoms with Crippen LogP contribution >= 0.6 is 0 Å². The van der Waals surface area contributed by atoms with E-state index >= 15 is 0 Å². The fraction of sp³-hybridized carbons (Fsp3) is 1.00. The van der Waals surface area contributed by atoms with Crippen molar-refractivity contribution in [3.63, 3.8) is 0 Å². The molecule has 1 unspecified atom stereocenters. The highest BCUT2D eigenvalue weighted by atomic mass is 16.5. The van der Waals surface area contributed by atoms with Crippen molar-refractivity contribution < 1.29 is 9.47 Å². The maximum absolute atomic E-state index is 5.36. The summed E-state index contributed by atoms with van der Waals surface area (Å²) in [6.45, 7) is 5.03. The monoisotopic (exact) mass is 203 g/mol. The molecule has 0 aliphatic heterocycles. The van der Waals surface area contributed by atoms with Crippen LogP contribution in [0.25, 0.3) is 0 Å². The molecule has 1 atom stereocenters. The first-order valence-corrected chi connectivity index (χ1v) is 5.27. The molecule has 0 bridgehead atoms. The van der Waals surface area contributed by atoms with Crippen molar-refractivity contribution in [3.8, 4) is 0 Å². The quantitative estimate of drug-likeness (QED) is 0.652. The van der Waals surface area contributed by atoms with Crippen molar-refractivity contribution in [2.24, 2.45) is 0 Å². The van der Waals surface area contributed by atoms with E-state index in [4.69, 9.17) is 9.47 Å². The maximum atomic E-state index is 5.36. The summed E-state index contributed by atoms with van der Waals surface area (Å²) >= 11 is 0. The van der Waals surface area contributed by atoms with Crippen molar-refractivity contribution in [1.29, 1.82) is 0 Å². The van der Waals surface area contributed by atoms with E-state index < -0.39 is 0 Å². The maximum Gasteiger partial charge on any atom is 0.0622 e. The highest BCUT2D eigenvalue weighted by Gasteiger charge is 2.16. The van der Waals surface area contributed by atoms with Gasteiger partial charge >= 0.3 is 0 Å². The average molecular weight is 203 g/mol. The summed E-state index contributed by atoms with van der Waals surface area (Å²) in [7, 11) is 5.49. The van der Waals surface area contributed by atoms with Gasteiger partial charge in [-0.15, -0.1) is 0 Å². The third-order valence-corrected chi connectivity index (χ3v) is 2.66. The van der Waals surface area contributed by atoms with Crippen LogP contribution in [0.3, 0.4) is 0 Å². The molecule has 0 aromatic carbocycles. The van der Waals surface area contributed by atoms with E-state index in [9.17, 15) is 0 Å². The third kappa shape index (κ3) is 6.35. The van der Waals surface area contributed by atoms with Crippen molar-refractivity contribution in [3.05, 3.63) is 0 Å². The summed E-state index contributed by atoms with van der Waals surface area (Å²) in [5.74, 6) is 0. The standard InChI is InChI=1S/C11H25NO2/c1-11(2,14-5)8-6-7-10(12-3)9-13-4/h10,12H,6-9H2,1-5H3. The predicted octanol–water partition coefficient (Wildman–Crippen LogP) is 1.82. The van der Waals surface area contributed by atoms with Gasteiger partial charge in [0.25, 0.3) is 0 Å². The second-order valence-corrected chi connectivity index (χ2v) is 4.30. The molecule has 0 aromatic heterocycles. The Hall–Kier alpha value is -0.120. The van der Waals surface area contributed by atoms with Gasteiger partial charge in [-0.2, -0.15) is 0 Å². The Kier molecular flexibility index (Phi) is 7.15. The van der Waals surface area contributed by atoms with E-state index in [2.05, 4.69) is 19.2 Å². The van der Waals surface area contributed by atoms with Gasteiger partial charge in [-0.25, -0.2) is 0 Å². The lowest BCUT2D eigenvalue weighted by atomic mass is 9.99. The van der Waals surface area contributed by atoms with Crippen molar-refractivity contribution in [2.75, 3.05) is 27.9 Å². The molecule has 1 N–H and O–H groups in total. The number of likely N-dealkylation sites (N-methyl/N-ethyl adjacent to an activating group) is 1. The van der Waals surface area contributed by atoms with E-state index in [0.29, 0.717) is 6.04 Å². The fourth-order valence-corrected chi connectivity index (χ4v) is 1.39. The molecule has 0 aliphatic rings. The molecule has 0 radical (unpaired) electrons. The normalized spacial score (nSPS) is 14.4. The Morgan fingerprint density at radius 3 is 2.36 bits per heavy atom. The van der Waals surface area contributed by atoms with Gasteiger partial charge in [0.15, 0.2) is 0 Å². The molecule has 0 fully saturated rings. The van der Waals surface area contributed by atoms with E-state index in [0.717, 1.165) is 25.9 Å². The Balaban J connectivity index is 3.60. The number of ether oxygens (including phenoxy) is 2. The summed E-state index contributed by atoms with van der Waals surface area (Å²) in [5.41, 5.74) is 0.00532. The van der Waals surface area contributed by atoms with Crippen LogP contribution in [0.5, 0.6) is 0 Å². The van der Waals surface area contributed by atoms with Crippen LogP contribution in [0.1, 0.15) is 33.1 Å². The fourth-order valence-electron chi connectivity index (χ4n) is 1.39. The Labute approximate surface area is 88.2 Å². The van der Waals surface area contributed by atoms with Gasteiger partial charge in [0.05, 0.1) is 12.2 Å². The molecule has 3 heteroatoms. The van der Waals surface area contributed by atoms with E-state index in [1.165, 1.54) is 0 Å². The van der Waals surface area contributed by atoms with Crippen LogP contribution in [0.2, 0.25) is 0 Å². The predicted molar refractivity (Wildman–Crippen MR) is 59.7 cm³/mol. The van der Waals surface area contributed by atoms with E-state index in [1.54, 1.807) is 14.2 Å². The van der Waals surface area contributed by atoms with Gasteiger partial charge in [-0.3, -0.25) is 0 Å². The highest BCUT2D eigenvalue weighted by Crippen LogP contribution is 2.17. The van der Waals surface area contributed by atoms with Gasteiger partial charge in [0, 0.05) is 20.3 Å². The largest absolute Gasteiger partial charge is 0.383 e. The lowest BCUT2D eigenvalue weighted by molar-refractivity contribution is 0.0124. The lowest BCUT2D eigenvalue weighted by Crippen LogP contribution is -2.31. The molecule has 0 heterocycles. The molecule has 3 nitrogen and oxygen atoms in total. The van der Waals surface area contributed by atoms with Crippen molar-refractivity contribution >= 4 is 0 Å². The Morgan fingerprint density at radius 2 is 1.93 bits per heavy atom. The smallest absolute Gasteiger partial charge is 0.0622 e. The molecule has 86 valence electrons. The van der Waals surface area contributed by atoms with Gasteiger partial charge in [-0.1, -0.05) is 0 Å². The van der Waals surface area contributed by atoms with Gasteiger partial charge in [0.2, 0.25) is 0 Å². The molecule has 0 aromatic rings. The topological polar surface area (TPSA) is 30.5 Å². The third-order valence-electron chi connectivity index (χ3n) is 2.66. The number of hydrogen-bond donors (Lipinski definition) is 1. The molecule has 14 heavy (non-hydrogen) atoms.